The van der Waals surface area contributed by atoms with Gasteiger partial charge in [-0.15, -0.1) is 0 Å². The highest BCUT2D eigenvalue weighted by Gasteiger charge is 2.62. The van der Waals surface area contributed by atoms with E-state index in [1.807, 2.05) is 45.9 Å². The fourth-order valence-electron chi connectivity index (χ4n) is 5.88. The molecule has 12 nitrogen and oxygen atoms in total. The first-order valence-corrected chi connectivity index (χ1v) is 15.3. The number of likely N-dealkylation sites (tertiary alicyclic amines) is 1. The number of esters is 1. The number of methoxy groups -OCH3 is 2. The van der Waals surface area contributed by atoms with E-state index in [1.165, 1.54) is 12.0 Å². The van der Waals surface area contributed by atoms with E-state index in [0.717, 1.165) is 10.8 Å². The number of nitrogens with one attached hydrogen (secondary N) is 2. The van der Waals surface area contributed by atoms with Crippen molar-refractivity contribution < 1.29 is 38.1 Å². The van der Waals surface area contributed by atoms with Crippen LogP contribution in [0.5, 0.6) is 11.6 Å². The third-order valence-corrected chi connectivity index (χ3v) is 8.33. The van der Waals surface area contributed by atoms with Crippen LogP contribution in [0.15, 0.2) is 30.5 Å². The highest BCUT2D eigenvalue weighted by molar-refractivity contribution is 5.96. The van der Waals surface area contributed by atoms with Crippen LogP contribution in [0.25, 0.3) is 10.8 Å². The van der Waals surface area contributed by atoms with Gasteiger partial charge in [-0.3, -0.25) is 9.59 Å². The molecule has 4 rings (SSSR count). The van der Waals surface area contributed by atoms with Crippen LogP contribution in [0.4, 0.5) is 4.79 Å². The van der Waals surface area contributed by atoms with Crippen LogP contribution in [0.3, 0.4) is 0 Å². The lowest BCUT2D eigenvalue weighted by molar-refractivity contribution is -0.148. The summed E-state index contributed by atoms with van der Waals surface area (Å²) >= 11 is 0. The number of aromatic nitrogens is 1. The van der Waals surface area contributed by atoms with Gasteiger partial charge in [0.25, 0.3) is 0 Å². The summed E-state index contributed by atoms with van der Waals surface area (Å²) in [4.78, 5) is 59.7. The molecule has 2 N–H and O–H groups in total. The Balaban J connectivity index is 1.65. The normalized spacial score (nSPS) is 23.6. The maximum Gasteiger partial charge on any atom is 0.408 e. The monoisotopic (exact) mass is 626 g/mol. The number of carbonyl (C=O) groups is 4. The molecule has 2 aliphatic rings. The Morgan fingerprint density at radius 3 is 2.38 bits per heavy atom. The number of benzene rings is 1. The minimum atomic E-state index is -1.14. The SMILES string of the molecule is CCC1CC1(NC(=O)C1CC(Oc2nccc3cc(OC)ccc23)CN1C(=O)C(NC(=O)OC(C)(C)C)C(C)(C)C)C(=O)OC. The number of pyridine rings is 1. The van der Waals surface area contributed by atoms with E-state index in [9.17, 15) is 19.2 Å². The highest BCUT2D eigenvalue weighted by Crippen LogP contribution is 2.47. The van der Waals surface area contributed by atoms with Gasteiger partial charge in [-0.2, -0.15) is 0 Å². The number of ether oxygens (including phenoxy) is 4. The predicted octanol–water partition coefficient (Wildman–Crippen LogP) is 3.99. The average Bonchev–Trinajstić information content (AvgIpc) is 3.52. The number of rotatable bonds is 9. The van der Waals surface area contributed by atoms with E-state index in [-0.39, 0.29) is 18.9 Å². The van der Waals surface area contributed by atoms with Gasteiger partial charge in [0.15, 0.2) is 0 Å². The van der Waals surface area contributed by atoms with Gasteiger partial charge < -0.3 is 34.5 Å². The molecule has 1 aromatic heterocycles. The number of hydrogen-bond acceptors (Lipinski definition) is 9. The second-order valence-corrected chi connectivity index (χ2v) is 13.9. The zero-order chi connectivity index (χ0) is 33.3. The van der Waals surface area contributed by atoms with Crippen LogP contribution in [0.2, 0.25) is 0 Å². The van der Waals surface area contributed by atoms with Crippen LogP contribution in [-0.2, 0) is 23.9 Å². The number of nitrogens with zero attached hydrogens (tertiary/aromatic N) is 2. The number of carbonyl (C=O) groups excluding carboxylic acids is 4. The summed E-state index contributed by atoms with van der Waals surface area (Å²) in [5.74, 6) is -0.501. The Hall–Kier alpha value is -4.09. The number of amides is 3. The highest BCUT2D eigenvalue weighted by atomic mass is 16.6. The van der Waals surface area contributed by atoms with Gasteiger partial charge in [-0.05, 0) is 68.2 Å². The molecule has 1 aliphatic heterocycles. The summed E-state index contributed by atoms with van der Waals surface area (Å²) in [5, 5.41) is 7.25. The van der Waals surface area contributed by atoms with E-state index in [0.29, 0.717) is 24.5 Å². The van der Waals surface area contributed by atoms with Crippen LogP contribution in [0.1, 0.15) is 67.7 Å². The minimum Gasteiger partial charge on any atom is -0.497 e. The molecule has 2 heterocycles. The summed E-state index contributed by atoms with van der Waals surface area (Å²) < 4.78 is 22.2. The van der Waals surface area contributed by atoms with Crippen molar-refractivity contribution in [1.82, 2.24) is 20.5 Å². The third-order valence-electron chi connectivity index (χ3n) is 8.33. The molecule has 5 atom stereocenters. The molecule has 1 saturated heterocycles. The Morgan fingerprint density at radius 2 is 1.80 bits per heavy atom. The van der Waals surface area contributed by atoms with Crippen molar-refractivity contribution in [3.63, 3.8) is 0 Å². The van der Waals surface area contributed by atoms with Gasteiger partial charge >= 0.3 is 12.1 Å². The lowest BCUT2D eigenvalue weighted by atomic mass is 9.85. The Kier molecular flexibility index (Phi) is 9.56. The van der Waals surface area contributed by atoms with Gasteiger partial charge in [0, 0.05) is 18.0 Å². The maximum atomic E-state index is 14.3. The topological polar surface area (TPSA) is 145 Å². The molecule has 0 radical (unpaired) electrons. The van der Waals surface area contributed by atoms with Gasteiger partial charge in [0.05, 0.1) is 20.8 Å². The van der Waals surface area contributed by atoms with Gasteiger partial charge in [0.1, 0.15) is 35.1 Å². The van der Waals surface area contributed by atoms with Crippen molar-refractivity contribution >= 4 is 34.6 Å². The molecule has 5 unspecified atom stereocenters. The molecule has 2 fully saturated rings. The van der Waals surface area contributed by atoms with Crippen LogP contribution in [-0.4, -0.2) is 83.9 Å². The van der Waals surface area contributed by atoms with E-state index in [2.05, 4.69) is 15.6 Å². The number of fused-ring (bicyclic) bond motifs is 1. The van der Waals surface area contributed by atoms with Crippen molar-refractivity contribution in [1.29, 1.82) is 0 Å². The quantitative estimate of drug-likeness (QED) is 0.395. The molecular formula is C33H46N4O8. The molecule has 1 aromatic carbocycles. The van der Waals surface area contributed by atoms with Gasteiger partial charge in [0.2, 0.25) is 17.7 Å². The molecule has 3 amide bonds. The smallest absolute Gasteiger partial charge is 0.408 e. The van der Waals surface area contributed by atoms with Gasteiger partial charge in [-0.1, -0.05) is 34.1 Å². The number of hydrogen-bond donors (Lipinski definition) is 2. The van der Waals surface area contributed by atoms with Crippen LogP contribution in [0, 0.1) is 11.3 Å². The van der Waals surface area contributed by atoms with Crippen molar-refractivity contribution in [2.24, 2.45) is 11.3 Å². The molecule has 12 heteroatoms. The fourth-order valence-corrected chi connectivity index (χ4v) is 5.88. The van der Waals surface area contributed by atoms with Crippen LogP contribution < -0.4 is 20.1 Å². The molecule has 1 saturated carbocycles. The minimum absolute atomic E-state index is 0.0517. The first-order valence-electron chi connectivity index (χ1n) is 15.3. The van der Waals surface area contributed by atoms with Crippen molar-refractivity contribution in [3.05, 3.63) is 30.5 Å². The lowest BCUT2D eigenvalue weighted by Crippen LogP contribution is -2.59. The predicted molar refractivity (Wildman–Crippen MR) is 167 cm³/mol. The van der Waals surface area contributed by atoms with Crippen molar-refractivity contribution in [2.75, 3.05) is 20.8 Å². The number of alkyl carbamates (subject to hydrolysis) is 1. The maximum absolute atomic E-state index is 14.3. The van der Waals surface area contributed by atoms with Gasteiger partial charge in [-0.25, -0.2) is 14.6 Å². The summed E-state index contributed by atoms with van der Waals surface area (Å²) in [6, 6.07) is 5.35. The summed E-state index contributed by atoms with van der Waals surface area (Å²) in [5.41, 5.74) is -2.65. The molecule has 0 bridgehead atoms. The second kappa shape index (κ2) is 12.7. The Labute approximate surface area is 264 Å². The van der Waals surface area contributed by atoms with Crippen LogP contribution >= 0.6 is 0 Å². The molecule has 246 valence electrons. The largest absolute Gasteiger partial charge is 0.497 e. The Bertz CT molecular complexity index is 1450. The molecule has 2 aromatic rings. The average molecular weight is 627 g/mol. The standard InChI is InChI=1S/C33H46N4O8/c1-10-20-17-33(20,29(40)43-9)36-26(38)24-16-22(44-27-23-12-11-21(42-8)15-19(23)13-14-34-27)18-37(24)28(39)25(31(2,3)4)35-30(41)45-32(5,6)7/h11-15,20,22,24-25H,10,16-18H2,1-9H3,(H,35,41)(H,36,38). The van der Waals surface area contributed by atoms with Crippen molar-refractivity contribution in [3.8, 4) is 11.6 Å². The van der Waals surface area contributed by atoms with E-state index in [1.54, 1.807) is 40.1 Å². The molecular weight excluding hydrogens is 580 g/mol. The first kappa shape index (κ1) is 33.8. The van der Waals surface area contributed by atoms with E-state index < -0.39 is 58.6 Å². The fraction of sp³-hybridized carbons (Fsp3) is 0.606. The zero-order valence-electron chi connectivity index (χ0n) is 27.7. The zero-order valence-corrected chi connectivity index (χ0v) is 27.7. The first-order chi connectivity index (χ1) is 21.0. The summed E-state index contributed by atoms with van der Waals surface area (Å²) in [6.07, 6.45) is 1.55. The lowest BCUT2D eigenvalue weighted by Gasteiger charge is -2.36. The molecule has 1 aliphatic carbocycles. The summed E-state index contributed by atoms with van der Waals surface area (Å²) in [7, 11) is 2.88. The summed E-state index contributed by atoms with van der Waals surface area (Å²) in [6.45, 7) is 12.7. The second-order valence-electron chi connectivity index (χ2n) is 13.9. The Morgan fingerprint density at radius 1 is 1.09 bits per heavy atom. The van der Waals surface area contributed by atoms with Crippen molar-refractivity contribution in [2.45, 2.75) is 97.1 Å². The van der Waals surface area contributed by atoms with E-state index >= 15 is 0 Å². The third kappa shape index (κ3) is 7.42. The van der Waals surface area contributed by atoms with E-state index in [4.69, 9.17) is 18.9 Å². The molecule has 45 heavy (non-hydrogen) atoms. The molecule has 0 spiro atoms.